The molecule has 0 saturated heterocycles. The van der Waals surface area contributed by atoms with E-state index >= 15 is 0 Å². The number of carbonyl (C=O) groups is 2. The van der Waals surface area contributed by atoms with Crippen LogP contribution in [0.4, 0.5) is 10.5 Å². The molecular weight excluding hydrogens is 404 g/mol. The van der Waals surface area contributed by atoms with Gasteiger partial charge < -0.3 is 19.7 Å². The van der Waals surface area contributed by atoms with Gasteiger partial charge in [-0.05, 0) is 56.2 Å². The summed E-state index contributed by atoms with van der Waals surface area (Å²) in [5.41, 5.74) is 1.86. The normalized spacial score (nSPS) is 12.1. The number of nitrogens with zero attached hydrogens (tertiary/aromatic N) is 1. The minimum absolute atomic E-state index is 0.262. The number of hydrogen-bond donors (Lipinski definition) is 1. The van der Waals surface area contributed by atoms with Crippen molar-refractivity contribution in [2.24, 2.45) is 0 Å². The number of ether oxygens (including phenoxy) is 2. The van der Waals surface area contributed by atoms with Gasteiger partial charge in [-0.1, -0.05) is 24.3 Å². The SMILES string of the molecule is COc1ccc(N(C)C(=O)[C@H](Cc2cccc(CCl)c2)NC(=O)OC(C)(C)C)cc1. The van der Waals surface area contributed by atoms with Gasteiger partial charge in [0.05, 0.1) is 7.11 Å². The lowest BCUT2D eigenvalue weighted by Gasteiger charge is -2.27. The predicted octanol–water partition coefficient (Wildman–Crippen LogP) is 4.53. The van der Waals surface area contributed by atoms with Crippen LogP contribution in [-0.4, -0.2) is 37.8 Å². The average Bonchev–Trinajstić information content (AvgIpc) is 2.71. The van der Waals surface area contributed by atoms with E-state index in [2.05, 4.69) is 5.32 Å². The molecule has 0 saturated carbocycles. The van der Waals surface area contributed by atoms with E-state index in [0.29, 0.717) is 23.7 Å². The molecule has 0 radical (unpaired) electrons. The predicted molar refractivity (Wildman–Crippen MR) is 119 cm³/mol. The van der Waals surface area contributed by atoms with E-state index < -0.39 is 17.7 Å². The van der Waals surface area contributed by atoms with Crippen LogP contribution in [-0.2, 0) is 21.8 Å². The van der Waals surface area contributed by atoms with Gasteiger partial charge in [0.2, 0.25) is 5.91 Å². The van der Waals surface area contributed by atoms with Crippen LogP contribution < -0.4 is 15.0 Å². The first-order valence-electron chi connectivity index (χ1n) is 9.68. The molecule has 0 fully saturated rings. The van der Waals surface area contributed by atoms with E-state index in [0.717, 1.165) is 11.1 Å². The maximum Gasteiger partial charge on any atom is 0.408 e. The van der Waals surface area contributed by atoms with E-state index in [4.69, 9.17) is 21.1 Å². The lowest BCUT2D eigenvalue weighted by molar-refractivity contribution is -0.120. The molecule has 1 N–H and O–H groups in total. The molecule has 0 aliphatic heterocycles. The number of alkyl halides is 1. The Kier molecular flexibility index (Phi) is 8.12. The maximum atomic E-state index is 13.3. The second kappa shape index (κ2) is 10.3. The number of rotatable bonds is 7. The zero-order chi connectivity index (χ0) is 22.3. The van der Waals surface area contributed by atoms with E-state index in [1.165, 1.54) is 4.90 Å². The number of anilines is 1. The summed E-state index contributed by atoms with van der Waals surface area (Å²) in [6.45, 7) is 5.32. The Morgan fingerprint density at radius 3 is 2.30 bits per heavy atom. The monoisotopic (exact) mass is 432 g/mol. The van der Waals surface area contributed by atoms with Crippen LogP contribution in [0.5, 0.6) is 5.75 Å². The molecule has 1 atom stereocenters. The van der Waals surface area contributed by atoms with E-state index in [1.54, 1.807) is 59.2 Å². The van der Waals surface area contributed by atoms with Crippen molar-refractivity contribution in [3.63, 3.8) is 0 Å². The van der Waals surface area contributed by atoms with E-state index in [9.17, 15) is 9.59 Å². The highest BCUT2D eigenvalue weighted by molar-refractivity contribution is 6.17. The molecule has 30 heavy (non-hydrogen) atoms. The summed E-state index contributed by atoms with van der Waals surface area (Å²) in [5.74, 6) is 0.806. The number of nitrogens with one attached hydrogen (secondary N) is 1. The Bertz CT molecular complexity index is 862. The molecule has 0 aliphatic carbocycles. The second-order valence-corrected chi connectivity index (χ2v) is 8.22. The van der Waals surface area contributed by atoms with Crippen molar-refractivity contribution in [3.05, 3.63) is 59.7 Å². The molecule has 2 aromatic rings. The number of hydrogen-bond acceptors (Lipinski definition) is 4. The number of amides is 2. The maximum absolute atomic E-state index is 13.3. The first kappa shape index (κ1) is 23.5. The van der Waals surface area contributed by atoms with Gasteiger partial charge >= 0.3 is 6.09 Å². The van der Waals surface area contributed by atoms with E-state index in [-0.39, 0.29) is 5.91 Å². The van der Waals surface area contributed by atoms with Gasteiger partial charge in [-0.15, -0.1) is 11.6 Å². The van der Waals surface area contributed by atoms with Crippen molar-refractivity contribution < 1.29 is 19.1 Å². The molecule has 7 heteroatoms. The fraction of sp³-hybridized carbons (Fsp3) is 0.391. The first-order chi connectivity index (χ1) is 14.1. The van der Waals surface area contributed by atoms with Crippen molar-refractivity contribution in [1.82, 2.24) is 5.32 Å². The van der Waals surface area contributed by atoms with Crippen molar-refractivity contribution >= 4 is 29.3 Å². The summed E-state index contributed by atoms with van der Waals surface area (Å²) >= 11 is 5.93. The lowest BCUT2D eigenvalue weighted by Crippen LogP contribution is -2.50. The summed E-state index contributed by atoms with van der Waals surface area (Å²) < 4.78 is 10.5. The van der Waals surface area contributed by atoms with Gasteiger partial charge in [-0.3, -0.25) is 4.79 Å². The molecule has 0 spiro atoms. The molecule has 2 rings (SSSR count). The molecule has 0 unspecified atom stereocenters. The van der Waals surface area contributed by atoms with Crippen LogP contribution in [0, 0.1) is 0 Å². The van der Waals surface area contributed by atoms with Crippen LogP contribution in [0.1, 0.15) is 31.9 Å². The molecule has 0 heterocycles. The largest absolute Gasteiger partial charge is 0.497 e. The smallest absolute Gasteiger partial charge is 0.408 e. The van der Waals surface area contributed by atoms with Crippen molar-refractivity contribution in [3.8, 4) is 5.75 Å². The quantitative estimate of drug-likeness (QED) is 0.652. The Morgan fingerprint density at radius 1 is 1.10 bits per heavy atom. The Labute approximate surface area is 183 Å². The number of halogens is 1. The fourth-order valence-electron chi connectivity index (χ4n) is 2.89. The summed E-state index contributed by atoms with van der Waals surface area (Å²) in [4.78, 5) is 27.2. The van der Waals surface area contributed by atoms with Gasteiger partial charge in [0.1, 0.15) is 17.4 Å². The molecule has 0 aliphatic rings. The summed E-state index contributed by atoms with van der Waals surface area (Å²) in [7, 11) is 3.25. The third-order valence-electron chi connectivity index (χ3n) is 4.36. The molecule has 2 amide bonds. The molecule has 6 nitrogen and oxygen atoms in total. The molecule has 2 aromatic carbocycles. The van der Waals surface area contributed by atoms with Gasteiger partial charge in [0, 0.05) is 25.0 Å². The summed E-state index contributed by atoms with van der Waals surface area (Å²) in [6.07, 6.45) is -0.332. The second-order valence-electron chi connectivity index (χ2n) is 7.95. The van der Waals surface area contributed by atoms with Crippen LogP contribution in [0.15, 0.2) is 48.5 Å². The Hall–Kier alpha value is -2.73. The van der Waals surface area contributed by atoms with Crippen molar-refractivity contribution in [1.29, 1.82) is 0 Å². The highest BCUT2D eigenvalue weighted by Gasteiger charge is 2.27. The standard InChI is InChI=1S/C23H29ClN2O4/c1-23(2,3)30-22(28)25-20(14-16-7-6-8-17(13-16)15-24)21(27)26(4)18-9-11-19(29-5)12-10-18/h6-13,20H,14-15H2,1-5H3,(H,25,28)/t20-/m0/s1. The van der Waals surface area contributed by atoms with Gasteiger partial charge in [-0.25, -0.2) is 4.79 Å². The third-order valence-corrected chi connectivity index (χ3v) is 4.67. The topological polar surface area (TPSA) is 67.9 Å². The lowest BCUT2D eigenvalue weighted by atomic mass is 10.0. The first-order valence-corrected chi connectivity index (χ1v) is 10.2. The fourth-order valence-corrected chi connectivity index (χ4v) is 3.06. The Balaban J connectivity index is 2.25. The number of likely N-dealkylation sites (N-methyl/N-ethyl adjacent to an activating group) is 1. The summed E-state index contributed by atoms with van der Waals surface area (Å²) in [5, 5.41) is 2.72. The minimum atomic E-state index is -0.808. The molecular formula is C23H29ClN2O4. The number of carbonyl (C=O) groups excluding carboxylic acids is 2. The highest BCUT2D eigenvalue weighted by Crippen LogP contribution is 2.20. The van der Waals surface area contributed by atoms with Crippen LogP contribution in [0.2, 0.25) is 0 Å². The molecule has 0 aromatic heterocycles. The van der Waals surface area contributed by atoms with Gasteiger partial charge in [0.15, 0.2) is 0 Å². The van der Waals surface area contributed by atoms with E-state index in [1.807, 2.05) is 24.3 Å². The van der Waals surface area contributed by atoms with Gasteiger partial charge in [-0.2, -0.15) is 0 Å². The zero-order valence-electron chi connectivity index (χ0n) is 18.1. The van der Waals surface area contributed by atoms with Crippen LogP contribution in [0.25, 0.3) is 0 Å². The van der Waals surface area contributed by atoms with Crippen molar-refractivity contribution in [2.45, 2.75) is 44.7 Å². The highest BCUT2D eigenvalue weighted by atomic mass is 35.5. The number of methoxy groups -OCH3 is 1. The molecule has 0 bridgehead atoms. The minimum Gasteiger partial charge on any atom is -0.497 e. The molecule has 162 valence electrons. The number of alkyl carbamates (subject to hydrolysis) is 1. The third kappa shape index (κ3) is 6.95. The zero-order valence-corrected chi connectivity index (χ0v) is 18.8. The van der Waals surface area contributed by atoms with Crippen LogP contribution >= 0.6 is 11.6 Å². The van der Waals surface area contributed by atoms with Gasteiger partial charge in [0.25, 0.3) is 0 Å². The Morgan fingerprint density at radius 2 is 1.73 bits per heavy atom. The summed E-state index contributed by atoms with van der Waals surface area (Å²) in [6, 6.07) is 14.0. The van der Waals surface area contributed by atoms with Crippen molar-refractivity contribution in [2.75, 3.05) is 19.1 Å². The van der Waals surface area contributed by atoms with Crippen LogP contribution in [0.3, 0.4) is 0 Å². The average molecular weight is 433 g/mol. The number of benzene rings is 2.